The first-order valence-electron chi connectivity index (χ1n) is 8.43. The first kappa shape index (κ1) is 17.2. The molecular weight excluding hydrogens is 288 g/mol. The van der Waals surface area contributed by atoms with E-state index in [1.54, 1.807) is 36.4 Å². The highest BCUT2D eigenvalue weighted by atomic mass is 16.5. The third-order valence-electron chi connectivity index (χ3n) is 3.96. The molecule has 1 unspecified atom stereocenters. The molecule has 124 valence electrons. The van der Waals surface area contributed by atoms with Gasteiger partial charge in [-0.3, -0.25) is 0 Å². The fourth-order valence-corrected chi connectivity index (χ4v) is 2.71. The van der Waals surface area contributed by atoms with Crippen LogP contribution >= 0.6 is 0 Å². The lowest BCUT2D eigenvalue weighted by Crippen LogP contribution is -2.16. The van der Waals surface area contributed by atoms with Crippen LogP contribution in [0, 0.1) is 0 Å². The highest BCUT2D eigenvalue weighted by Gasteiger charge is 2.13. The van der Waals surface area contributed by atoms with Crippen molar-refractivity contribution in [1.82, 2.24) is 0 Å². The fourth-order valence-electron chi connectivity index (χ4n) is 2.71. The molecule has 2 aromatic rings. The van der Waals surface area contributed by atoms with Crippen LogP contribution < -0.4 is 4.74 Å². The number of unbranched alkanes of at least 4 members (excludes halogenated alkanes) is 1. The number of hydrogen-bond acceptors (Lipinski definition) is 3. The summed E-state index contributed by atoms with van der Waals surface area (Å²) in [7, 11) is 0. The highest BCUT2D eigenvalue weighted by Crippen LogP contribution is 2.37. The van der Waals surface area contributed by atoms with Gasteiger partial charge in [-0.15, -0.1) is 0 Å². The Labute approximate surface area is 138 Å². The SMILES string of the molecule is CCCCC(CCC)Oc1ccc(O)c(-c2ccccc2O)c1. The van der Waals surface area contributed by atoms with Gasteiger partial charge in [-0.2, -0.15) is 0 Å². The Balaban J connectivity index is 2.24. The molecule has 0 aliphatic heterocycles. The van der Waals surface area contributed by atoms with Crippen molar-refractivity contribution in [1.29, 1.82) is 0 Å². The maximum atomic E-state index is 10.1. The minimum Gasteiger partial charge on any atom is -0.507 e. The molecule has 2 N–H and O–H groups in total. The van der Waals surface area contributed by atoms with Crippen molar-refractivity contribution in [3.8, 4) is 28.4 Å². The Morgan fingerprint density at radius 2 is 1.61 bits per heavy atom. The van der Waals surface area contributed by atoms with Gasteiger partial charge >= 0.3 is 0 Å². The summed E-state index contributed by atoms with van der Waals surface area (Å²) in [5.74, 6) is 1.02. The molecule has 0 aliphatic rings. The molecule has 0 amide bonds. The van der Waals surface area contributed by atoms with E-state index in [2.05, 4.69) is 13.8 Å². The van der Waals surface area contributed by atoms with Gasteiger partial charge in [-0.05, 0) is 37.1 Å². The number of ether oxygens (including phenoxy) is 1. The molecule has 0 heterocycles. The number of phenols is 2. The van der Waals surface area contributed by atoms with Gasteiger partial charge in [0.15, 0.2) is 0 Å². The van der Waals surface area contributed by atoms with Gasteiger partial charge in [-0.1, -0.05) is 51.3 Å². The van der Waals surface area contributed by atoms with Crippen LogP contribution in [0.2, 0.25) is 0 Å². The second-order valence-corrected chi connectivity index (χ2v) is 5.87. The molecule has 1 atom stereocenters. The van der Waals surface area contributed by atoms with Crippen LogP contribution in [-0.4, -0.2) is 16.3 Å². The van der Waals surface area contributed by atoms with Crippen LogP contribution in [0.5, 0.6) is 17.2 Å². The summed E-state index contributed by atoms with van der Waals surface area (Å²) >= 11 is 0. The van der Waals surface area contributed by atoms with Crippen LogP contribution in [0.3, 0.4) is 0 Å². The fraction of sp³-hybridized carbons (Fsp3) is 0.400. The van der Waals surface area contributed by atoms with Crippen molar-refractivity contribution < 1.29 is 14.9 Å². The number of aromatic hydroxyl groups is 2. The summed E-state index contributed by atoms with van der Waals surface area (Å²) in [4.78, 5) is 0. The predicted octanol–water partition coefficient (Wildman–Crippen LogP) is 5.50. The average molecular weight is 314 g/mol. The maximum Gasteiger partial charge on any atom is 0.123 e. The minimum absolute atomic E-state index is 0.138. The normalized spacial score (nSPS) is 12.1. The monoisotopic (exact) mass is 314 g/mol. The lowest BCUT2D eigenvalue weighted by molar-refractivity contribution is 0.176. The topological polar surface area (TPSA) is 49.7 Å². The zero-order chi connectivity index (χ0) is 16.7. The molecule has 0 aliphatic carbocycles. The first-order valence-corrected chi connectivity index (χ1v) is 8.43. The number of para-hydroxylation sites is 1. The van der Waals surface area contributed by atoms with E-state index < -0.39 is 0 Å². The van der Waals surface area contributed by atoms with E-state index in [0.717, 1.165) is 37.9 Å². The van der Waals surface area contributed by atoms with Crippen molar-refractivity contribution in [2.24, 2.45) is 0 Å². The summed E-state index contributed by atoms with van der Waals surface area (Å²) in [6, 6.07) is 12.2. The molecule has 0 aromatic heterocycles. The third kappa shape index (κ3) is 4.65. The van der Waals surface area contributed by atoms with E-state index in [0.29, 0.717) is 11.1 Å². The standard InChI is InChI=1S/C20H26O3/c1-3-5-9-15(8-4-2)23-16-12-13-20(22)18(14-16)17-10-6-7-11-19(17)21/h6-7,10-15,21-22H,3-5,8-9H2,1-2H3. The lowest BCUT2D eigenvalue weighted by atomic mass is 10.0. The summed E-state index contributed by atoms with van der Waals surface area (Å²) < 4.78 is 6.12. The number of rotatable bonds is 8. The van der Waals surface area contributed by atoms with E-state index in [1.807, 2.05) is 6.07 Å². The molecular formula is C20H26O3. The van der Waals surface area contributed by atoms with Crippen LogP contribution in [0.25, 0.3) is 11.1 Å². The molecule has 3 nitrogen and oxygen atoms in total. The summed E-state index contributed by atoms with van der Waals surface area (Å²) in [6.45, 7) is 4.34. The zero-order valence-corrected chi connectivity index (χ0v) is 14.0. The third-order valence-corrected chi connectivity index (χ3v) is 3.96. The molecule has 3 heteroatoms. The van der Waals surface area contributed by atoms with E-state index >= 15 is 0 Å². The van der Waals surface area contributed by atoms with Gasteiger partial charge in [0.25, 0.3) is 0 Å². The van der Waals surface area contributed by atoms with Gasteiger partial charge in [0.2, 0.25) is 0 Å². The number of phenolic OH excluding ortho intramolecular Hbond substituents is 2. The second kappa shape index (κ2) is 8.47. The summed E-state index contributed by atoms with van der Waals surface area (Å²) in [5, 5.41) is 20.1. The minimum atomic E-state index is 0.138. The second-order valence-electron chi connectivity index (χ2n) is 5.87. The Morgan fingerprint density at radius 3 is 2.30 bits per heavy atom. The Kier molecular flexibility index (Phi) is 6.33. The molecule has 2 aromatic carbocycles. The van der Waals surface area contributed by atoms with Gasteiger partial charge in [0.1, 0.15) is 17.2 Å². The summed E-state index contributed by atoms with van der Waals surface area (Å²) in [5.41, 5.74) is 1.20. The predicted molar refractivity (Wildman–Crippen MR) is 94.1 cm³/mol. The molecule has 23 heavy (non-hydrogen) atoms. The molecule has 0 saturated carbocycles. The van der Waals surface area contributed by atoms with Crippen LogP contribution in [0.1, 0.15) is 46.0 Å². The van der Waals surface area contributed by atoms with Crippen molar-refractivity contribution in [3.05, 3.63) is 42.5 Å². The Hall–Kier alpha value is -2.16. The van der Waals surface area contributed by atoms with Gasteiger partial charge < -0.3 is 14.9 Å². The molecule has 2 rings (SSSR count). The van der Waals surface area contributed by atoms with Gasteiger partial charge in [0.05, 0.1) is 6.10 Å². The molecule has 0 fully saturated rings. The Bertz CT molecular complexity index is 622. The molecule has 0 spiro atoms. The average Bonchev–Trinajstić information content (AvgIpc) is 2.55. The molecule has 0 radical (unpaired) electrons. The molecule has 0 saturated heterocycles. The zero-order valence-electron chi connectivity index (χ0n) is 14.0. The lowest BCUT2D eigenvalue weighted by Gasteiger charge is -2.19. The Morgan fingerprint density at radius 1 is 0.870 bits per heavy atom. The largest absolute Gasteiger partial charge is 0.507 e. The van der Waals surface area contributed by atoms with E-state index in [-0.39, 0.29) is 17.6 Å². The highest BCUT2D eigenvalue weighted by molar-refractivity contribution is 5.76. The number of benzene rings is 2. The van der Waals surface area contributed by atoms with Crippen molar-refractivity contribution in [2.75, 3.05) is 0 Å². The van der Waals surface area contributed by atoms with E-state index in [1.165, 1.54) is 0 Å². The van der Waals surface area contributed by atoms with Gasteiger partial charge in [-0.25, -0.2) is 0 Å². The van der Waals surface area contributed by atoms with Crippen molar-refractivity contribution in [3.63, 3.8) is 0 Å². The van der Waals surface area contributed by atoms with Crippen molar-refractivity contribution in [2.45, 2.75) is 52.1 Å². The van der Waals surface area contributed by atoms with Crippen molar-refractivity contribution >= 4 is 0 Å². The van der Waals surface area contributed by atoms with E-state index in [4.69, 9.17) is 4.74 Å². The molecule has 0 bridgehead atoms. The van der Waals surface area contributed by atoms with E-state index in [9.17, 15) is 10.2 Å². The summed E-state index contributed by atoms with van der Waals surface area (Å²) in [6.07, 6.45) is 5.64. The number of hydrogen-bond donors (Lipinski definition) is 2. The van der Waals surface area contributed by atoms with Crippen LogP contribution in [0.15, 0.2) is 42.5 Å². The first-order chi connectivity index (χ1) is 11.2. The quantitative estimate of drug-likeness (QED) is 0.676. The smallest absolute Gasteiger partial charge is 0.123 e. The van der Waals surface area contributed by atoms with Crippen LogP contribution in [-0.2, 0) is 0 Å². The maximum absolute atomic E-state index is 10.1. The van der Waals surface area contributed by atoms with Crippen LogP contribution in [0.4, 0.5) is 0 Å². The van der Waals surface area contributed by atoms with Gasteiger partial charge in [0, 0.05) is 11.1 Å².